The van der Waals surface area contributed by atoms with Gasteiger partial charge in [0.25, 0.3) is 20.2 Å². The topological polar surface area (TPSA) is 109 Å². The fraction of sp³-hybridized carbons (Fsp3) is 0. The van der Waals surface area contributed by atoms with Crippen molar-refractivity contribution in [3.05, 3.63) is 48.5 Å². The van der Waals surface area contributed by atoms with Gasteiger partial charge < -0.3 is 0 Å². The molecule has 0 aromatic heterocycles. The van der Waals surface area contributed by atoms with Crippen molar-refractivity contribution in [1.29, 1.82) is 0 Å². The van der Waals surface area contributed by atoms with E-state index in [0.29, 0.717) is 32.3 Å². The van der Waals surface area contributed by atoms with Crippen LogP contribution in [-0.4, -0.2) is 77.3 Å². The average molecular weight is 402 g/mol. The summed E-state index contributed by atoms with van der Waals surface area (Å²) in [4.78, 5) is -0.497. The molecule has 0 bridgehead atoms. The summed E-state index contributed by atoms with van der Waals surface area (Å²) in [5, 5.41) is 3.02. The maximum atomic E-state index is 11.6. The van der Waals surface area contributed by atoms with Crippen molar-refractivity contribution >= 4 is 104 Å². The second-order valence-electron chi connectivity index (χ2n) is 5.50. The molecule has 4 aromatic carbocycles. The normalized spacial score (nSPS) is 12.7. The van der Waals surface area contributed by atoms with Crippen molar-refractivity contribution in [2.24, 2.45) is 0 Å². The monoisotopic (exact) mass is 402 g/mol. The zero-order chi connectivity index (χ0) is 17.3. The van der Waals surface area contributed by atoms with E-state index < -0.39 is 20.2 Å². The molecule has 0 aliphatic rings. The van der Waals surface area contributed by atoms with Crippen LogP contribution >= 0.6 is 0 Å². The molecule has 2 N–H and O–H groups in total. The molecule has 0 spiro atoms. The predicted octanol–water partition coefficient (Wildman–Crippen LogP) is 2.43. The Balaban J connectivity index is 0.00000182. The Morgan fingerprint density at radius 1 is 0.560 bits per heavy atom. The molecule has 0 aliphatic heterocycles. The maximum absolute atomic E-state index is 11.6. The van der Waals surface area contributed by atoms with Crippen LogP contribution in [0.2, 0.25) is 0 Å². The van der Waals surface area contributed by atoms with Gasteiger partial charge in [-0.25, -0.2) is 0 Å². The number of hydrogen-bond donors (Lipinski definition) is 2. The van der Waals surface area contributed by atoms with E-state index in [4.69, 9.17) is 0 Å². The van der Waals surface area contributed by atoms with Gasteiger partial charge in [0.1, 0.15) is 9.79 Å². The Labute approximate surface area is 186 Å². The zero-order valence-electron chi connectivity index (χ0n) is 12.0. The molecule has 0 saturated carbocycles. The van der Waals surface area contributed by atoms with Gasteiger partial charge in [0.2, 0.25) is 0 Å². The Bertz CT molecular complexity index is 1240. The van der Waals surface area contributed by atoms with Crippen LogP contribution in [0, 0.1) is 0 Å². The van der Waals surface area contributed by atoms with Crippen LogP contribution in [0.25, 0.3) is 32.3 Å². The fourth-order valence-corrected chi connectivity index (χ4v) is 4.57. The molecule has 0 fully saturated rings. The molecule has 4 aromatic rings. The van der Waals surface area contributed by atoms with E-state index in [2.05, 4.69) is 0 Å². The van der Waals surface area contributed by atoms with E-state index in [1.165, 1.54) is 12.1 Å². The molecule has 0 amide bonds. The Morgan fingerprint density at radius 3 is 1.20 bits per heavy atom. The molecule has 0 atom stereocenters. The van der Waals surface area contributed by atoms with Crippen molar-refractivity contribution in [2.45, 2.75) is 9.79 Å². The van der Waals surface area contributed by atoms with Crippen LogP contribution in [0.1, 0.15) is 0 Å². The van der Waals surface area contributed by atoms with Crippen LogP contribution in [0.5, 0.6) is 0 Å². The van der Waals surface area contributed by atoms with Crippen molar-refractivity contribution in [2.75, 3.05) is 0 Å². The van der Waals surface area contributed by atoms with Crippen molar-refractivity contribution in [3.8, 4) is 0 Å². The summed E-state index contributed by atoms with van der Waals surface area (Å²) in [5.74, 6) is 0. The summed E-state index contributed by atoms with van der Waals surface area (Å²) in [7, 11) is -8.87. The van der Waals surface area contributed by atoms with Gasteiger partial charge in [0.15, 0.2) is 0 Å². The summed E-state index contributed by atoms with van der Waals surface area (Å²) >= 11 is 0. The van der Waals surface area contributed by atoms with Crippen LogP contribution in [0.4, 0.5) is 0 Å². The zero-order valence-corrected chi connectivity index (χ0v) is 13.6. The van der Waals surface area contributed by atoms with Gasteiger partial charge in [0, 0.05) is 10.8 Å². The second-order valence-corrected chi connectivity index (χ2v) is 8.28. The van der Waals surface area contributed by atoms with Crippen LogP contribution in [0.3, 0.4) is 0 Å². The van der Waals surface area contributed by atoms with Crippen LogP contribution in [-0.2, 0) is 20.2 Å². The summed E-state index contributed by atoms with van der Waals surface area (Å²) in [6, 6.07) is 12.1. The quantitative estimate of drug-likeness (QED) is 0.303. The minimum absolute atomic E-state index is 0. The number of rotatable bonds is 2. The summed E-state index contributed by atoms with van der Waals surface area (Å²) in [6.07, 6.45) is 0. The van der Waals surface area contributed by atoms with Crippen LogP contribution < -0.4 is 0 Å². The molecular weight excluding hydrogens is 391 g/mol. The van der Waals surface area contributed by atoms with Gasteiger partial charge in [-0.1, -0.05) is 36.4 Å². The van der Waals surface area contributed by atoms with Gasteiger partial charge in [0.05, 0.1) is 0 Å². The summed E-state index contributed by atoms with van der Waals surface area (Å²) in [5.41, 5.74) is 0. The van der Waals surface area contributed by atoms with Crippen molar-refractivity contribution < 1.29 is 25.9 Å². The molecule has 0 saturated heterocycles. The Hall–Kier alpha value is -0.624. The van der Waals surface area contributed by atoms with Crippen LogP contribution in [0.15, 0.2) is 58.3 Å². The summed E-state index contributed by atoms with van der Waals surface area (Å²) in [6.45, 7) is 0. The molecule has 124 valence electrons. The first-order valence-electron chi connectivity index (χ1n) is 6.83. The van der Waals surface area contributed by atoms with E-state index in [-0.39, 0.29) is 61.2 Å². The molecule has 0 radical (unpaired) electrons. The SMILES string of the molecule is O=S(=O)(O)c1ccc2ccc3c(S(=O)(=O)O)ccc4ccc1c2c43.[KH]. The molecule has 25 heavy (non-hydrogen) atoms. The third-order valence-electron chi connectivity index (χ3n) is 4.14. The number of benzene rings is 4. The third-order valence-corrected chi connectivity index (χ3v) is 5.96. The van der Waals surface area contributed by atoms with Gasteiger partial charge in [-0.05, 0) is 33.7 Å². The molecule has 9 heteroatoms. The first kappa shape index (κ1) is 19.1. The van der Waals surface area contributed by atoms with E-state index in [1.54, 1.807) is 36.4 Å². The third kappa shape index (κ3) is 3.03. The summed E-state index contributed by atoms with van der Waals surface area (Å²) < 4.78 is 65.4. The van der Waals surface area contributed by atoms with Gasteiger partial charge in [-0.2, -0.15) is 16.8 Å². The van der Waals surface area contributed by atoms with Gasteiger partial charge in [-0.15, -0.1) is 0 Å². The van der Waals surface area contributed by atoms with Crippen molar-refractivity contribution in [1.82, 2.24) is 0 Å². The van der Waals surface area contributed by atoms with E-state index in [0.717, 1.165) is 0 Å². The second kappa shape index (κ2) is 6.22. The minimum atomic E-state index is -4.43. The molecule has 4 rings (SSSR count). The van der Waals surface area contributed by atoms with E-state index >= 15 is 0 Å². The number of hydrogen-bond acceptors (Lipinski definition) is 4. The van der Waals surface area contributed by atoms with Crippen molar-refractivity contribution in [3.63, 3.8) is 0 Å². The first-order chi connectivity index (χ1) is 11.2. The average Bonchev–Trinajstić information content (AvgIpc) is 2.50. The van der Waals surface area contributed by atoms with E-state index in [1.807, 2.05) is 0 Å². The molecule has 0 heterocycles. The standard InChI is InChI=1S/C16H10O6S2.K.H/c17-23(18,19)13-8-4-10-2-6-12-14(24(20,21)22)7-3-9-1-5-11(13)16(10)15(9)12;;/h1-8H,(H,17,18,19)(H,20,21,22);;. The molecule has 6 nitrogen and oxygen atoms in total. The van der Waals surface area contributed by atoms with Gasteiger partial charge in [-0.3, -0.25) is 9.11 Å². The predicted molar refractivity (Wildman–Crippen MR) is 96.9 cm³/mol. The molecule has 0 unspecified atom stereocenters. The van der Waals surface area contributed by atoms with E-state index in [9.17, 15) is 25.9 Å². The fourth-order valence-electron chi connectivity index (χ4n) is 3.20. The molecule has 0 aliphatic carbocycles. The first-order valence-corrected chi connectivity index (χ1v) is 9.71. The Morgan fingerprint density at radius 2 is 0.880 bits per heavy atom. The molecular formula is C16H11KO6S2. The Kier molecular flexibility index (Phi) is 4.76. The van der Waals surface area contributed by atoms with Gasteiger partial charge >= 0.3 is 51.4 Å².